The highest BCUT2D eigenvalue weighted by atomic mass is 16.1. The van der Waals surface area contributed by atoms with E-state index in [4.69, 9.17) is 0 Å². The lowest BCUT2D eigenvalue weighted by Gasteiger charge is -2.17. The largest absolute Gasteiger partial charge is 0.289 e. The lowest BCUT2D eigenvalue weighted by Crippen LogP contribution is -2.10. The lowest BCUT2D eigenvalue weighted by molar-refractivity contribution is 0.102. The third-order valence-electron chi connectivity index (χ3n) is 3.83. The predicted molar refractivity (Wildman–Crippen MR) is 77.2 cm³/mol. The van der Waals surface area contributed by atoms with Gasteiger partial charge in [0, 0.05) is 17.1 Å². The van der Waals surface area contributed by atoms with Crippen LogP contribution in [0.5, 0.6) is 0 Å². The second-order valence-corrected chi connectivity index (χ2v) is 5.35. The number of carbonyl (C=O) groups excluding carboxylic acids is 1. The Bertz CT molecular complexity index is 657. The number of hydrogen-bond acceptors (Lipinski definition) is 2. The number of carbonyl (C=O) groups is 1. The minimum Gasteiger partial charge on any atom is -0.289 e. The van der Waals surface area contributed by atoms with Crippen LogP contribution in [0.15, 0.2) is 48.2 Å². The number of benzene rings is 1. The standard InChI is InChI=1S/C17H17NO/c1-12-4-6-13(7-5-12)17(19)15-8-9-16-14(11-15)3-2-10-18-16/h2-3,6,8-12H,4-5,7H2,1H3. The molecule has 1 unspecified atom stereocenters. The van der Waals surface area contributed by atoms with Crippen molar-refractivity contribution in [3.8, 4) is 0 Å². The third-order valence-corrected chi connectivity index (χ3v) is 3.83. The molecule has 0 N–H and O–H groups in total. The fraction of sp³-hybridized carbons (Fsp3) is 0.294. The van der Waals surface area contributed by atoms with Gasteiger partial charge in [-0.05, 0) is 55.0 Å². The molecular weight excluding hydrogens is 234 g/mol. The van der Waals surface area contributed by atoms with Gasteiger partial charge < -0.3 is 0 Å². The monoisotopic (exact) mass is 251 g/mol. The van der Waals surface area contributed by atoms with Gasteiger partial charge in [-0.3, -0.25) is 9.78 Å². The van der Waals surface area contributed by atoms with Gasteiger partial charge in [-0.2, -0.15) is 0 Å². The molecule has 1 atom stereocenters. The molecule has 0 fully saturated rings. The summed E-state index contributed by atoms with van der Waals surface area (Å²) < 4.78 is 0. The van der Waals surface area contributed by atoms with Crippen LogP contribution in [0.2, 0.25) is 0 Å². The Hall–Kier alpha value is -1.96. The molecule has 0 saturated carbocycles. The molecule has 1 aromatic heterocycles. The summed E-state index contributed by atoms with van der Waals surface area (Å²) in [6, 6.07) is 9.66. The highest BCUT2D eigenvalue weighted by Gasteiger charge is 2.17. The second-order valence-electron chi connectivity index (χ2n) is 5.35. The molecule has 0 spiro atoms. The number of Topliss-reactive ketones (excluding diaryl/α,β-unsaturated/α-hetero) is 1. The molecule has 0 aliphatic heterocycles. The SMILES string of the molecule is CC1CC=C(C(=O)c2ccc3ncccc3c2)CC1. The topological polar surface area (TPSA) is 30.0 Å². The van der Waals surface area contributed by atoms with E-state index in [9.17, 15) is 4.79 Å². The predicted octanol–water partition coefficient (Wildman–Crippen LogP) is 4.16. The van der Waals surface area contributed by atoms with Gasteiger partial charge in [-0.1, -0.05) is 19.1 Å². The van der Waals surface area contributed by atoms with Gasteiger partial charge in [0.05, 0.1) is 5.52 Å². The number of nitrogens with zero attached hydrogens (tertiary/aromatic N) is 1. The summed E-state index contributed by atoms with van der Waals surface area (Å²) in [4.78, 5) is 16.7. The Morgan fingerprint density at radius 3 is 3.00 bits per heavy atom. The van der Waals surface area contributed by atoms with Crippen LogP contribution in [0, 0.1) is 5.92 Å². The van der Waals surface area contributed by atoms with Gasteiger partial charge in [0.2, 0.25) is 0 Å². The Morgan fingerprint density at radius 1 is 1.32 bits per heavy atom. The van der Waals surface area contributed by atoms with Crippen LogP contribution in [-0.2, 0) is 0 Å². The molecule has 0 amide bonds. The number of fused-ring (bicyclic) bond motifs is 1. The summed E-state index contributed by atoms with van der Waals surface area (Å²) in [6.45, 7) is 2.24. The van der Waals surface area contributed by atoms with Gasteiger partial charge in [0.1, 0.15) is 0 Å². The van der Waals surface area contributed by atoms with E-state index in [1.165, 1.54) is 0 Å². The molecule has 2 nitrogen and oxygen atoms in total. The van der Waals surface area contributed by atoms with Crippen molar-refractivity contribution in [3.63, 3.8) is 0 Å². The molecule has 2 aromatic rings. The van der Waals surface area contributed by atoms with Crippen molar-refractivity contribution in [2.24, 2.45) is 5.92 Å². The minimum absolute atomic E-state index is 0.178. The smallest absolute Gasteiger partial charge is 0.188 e. The molecule has 1 aromatic carbocycles. The summed E-state index contributed by atoms with van der Waals surface area (Å²) in [5.41, 5.74) is 2.69. The molecule has 2 heteroatoms. The fourth-order valence-electron chi connectivity index (χ4n) is 2.57. The van der Waals surface area contributed by atoms with E-state index >= 15 is 0 Å². The number of rotatable bonds is 2. The van der Waals surface area contributed by atoms with Crippen molar-refractivity contribution in [2.45, 2.75) is 26.2 Å². The fourth-order valence-corrected chi connectivity index (χ4v) is 2.57. The van der Waals surface area contributed by atoms with Gasteiger partial charge in [-0.25, -0.2) is 0 Å². The number of allylic oxidation sites excluding steroid dienone is 2. The molecule has 1 heterocycles. The molecule has 3 rings (SSSR count). The zero-order chi connectivity index (χ0) is 13.2. The van der Waals surface area contributed by atoms with Gasteiger partial charge >= 0.3 is 0 Å². The molecule has 0 radical (unpaired) electrons. The maximum Gasteiger partial charge on any atom is 0.188 e. The second kappa shape index (κ2) is 4.96. The zero-order valence-corrected chi connectivity index (χ0v) is 11.1. The van der Waals surface area contributed by atoms with Crippen molar-refractivity contribution in [1.29, 1.82) is 0 Å². The number of ketones is 1. The van der Waals surface area contributed by atoms with E-state index in [2.05, 4.69) is 18.0 Å². The molecule has 1 aliphatic rings. The number of pyridine rings is 1. The first kappa shape index (κ1) is 12.1. The van der Waals surface area contributed by atoms with Crippen LogP contribution in [0.1, 0.15) is 36.5 Å². The van der Waals surface area contributed by atoms with Crippen molar-refractivity contribution in [1.82, 2.24) is 4.98 Å². The average Bonchev–Trinajstić information content (AvgIpc) is 2.47. The Morgan fingerprint density at radius 2 is 2.21 bits per heavy atom. The molecular formula is C17H17NO. The molecule has 0 bridgehead atoms. The van der Waals surface area contributed by atoms with Gasteiger partial charge in [0.15, 0.2) is 5.78 Å². The number of aromatic nitrogens is 1. The molecule has 0 saturated heterocycles. The van der Waals surface area contributed by atoms with Crippen LogP contribution in [0.25, 0.3) is 10.9 Å². The highest BCUT2D eigenvalue weighted by Crippen LogP contribution is 2.26. The first-order valence-corrected chi connectivity index (χ1v) is 6.82. The normalized spacial score (nSPS) is 19.2. The average molecular weight is 251 g/mol. The summed E-state index contributed by atoms with van der Waals surface area (Å²) in [5, 5.41) is 1.03. The summed E-state index contributed by atoms with van der Waals surface area (Å²) >= 11 is 0. The Labute approximate surface area is 113 Å². The summed E-state index contributed by atoms with van der Waals surface area (Å²) in [7, 11) is 0. The maximum absolute atomic E-state index is 12.5. The minimum atomic E-state index is 0.178. The van der Waals surface area contributed by atoms with Crippen LogP contribution in [0.4, 0.5) is 0 Å². The van der Waals surface area contributed by atoms with Gasteiger partial charge in [0.25, 0.3) is 0 Å². The van der Waals surface area contributed by atoms with Crippen LogP contribution in [-0.4, -0.2) is 10.8 Å². The maximum atomic E-state index is 12.5. The van der Waals surface area contributed by atoms with Crippen molar-refractivity contribution in [2.75, 3.05) is 0 Å². The van der Waals surface area contributed by atoms with Crippen LogP contribution >= 0.6 is 0 Å². The highest BCUT2D eigenvalue weighted by molar-refractivity contribution is 6.10. The van der Waals surface area contributed by atoms with Crippen LogP contribution in [0.3, 0.4) is 0 Å². The van der Waals surface area contributed by atoms with E-state index in [-0.39, 0.29) is 5.78 Å². The molecule has 96 valence electrons. The first-order chi connectivity index (χ1) is 9.24. The summed E-state index contributed by atoms with van der Waals surface area (Å²) in [5.74, 6) is 0.884. The Kier molecular flexibility index (Phi) is 3.16. The van der Waals surface area contributed by atoms with E-state index < -0.39 is 0 Å². The quantitative estimate of drug-likeness (QED) is 0.750. The molecule has 1 aliphatic carbocycles. The molecule has 19 heavy (non-hydrogen) atoms. The third kappa shape index (κ3) is 2.43. The lowest BCUT2D eigenvalue weighted by atomic mass is 9.87. The van der Waals surface area contributed by atoms with Gasteiger partial charge in [-0.15, -0.1) is 0 Å². The zero-order valence-electron chi connectivity index (χ0n) is 11.1. The number of hydrogen-bond donors (Lipinski definition) is 0. The van der Waals surface area contributed by atoms with E-state index in [0.29, 0.717) is 5.92 Å². The van der Waals surface area contributed by atoms with Crippen molar-refractivity contribution in [3.05, 3.63) is 53.7 Å². The van der Waals surface area contributed by atoms with Crippen molar-refractivity contribution < 1.29 is 4.79 Å². The first-order valence-electron chi connectivity index (χ1n) is 6.82. The van der Waals surface area contributed by atoms with E-state index in [0.717, 1.165) is 41.3 Å². The van der Waals surface area contributed by atoms with E-state index in [1.54, 1.807) is 6.20 Å². The van der Waals surface area contributed by atoms with Crippen molar-refractivity contribution >= 4 is 16.7 Å². The van der Waals surface area contributed by atoms with E-state index in [1.807, 2.05) is 30.3 Å². The van der Waals surface area contributed by atoms with Crippen LogP contribution < -0.4 is 0 Å². The Balaban J connectivity index is 1.93. The summed E-state index contributed by atoms with van der Waals surface area (Å²) in [6.07, 6.45) is 6.94.